The van der Waals surface area contributed by atoms with E-state index in [0.717, 1.165) is 0 Å². The molecule has 1 amide bonds. The van der Waals surface area contributed by atoms with Gasteiger partial charge in [0.2, 0.25) is 5.91 Å². The second kappa shape index (κ2) is 4.87. The first-order chi connectivity index (χ1) is 4.84. The van der Waals surface area contributed by atoms with Gasteiger partial charge in [0.1, 0.15) is 0 Å². The van der Waals surface area contributed by atoms with E-state index in [4.69, 9.17) is 4.74 Å². The molecule has 0 radical (unpaired) electrons. The maximum atomic E-state index is 10.9. The van der Waals surface area contributed by atoms with Crippen molar-refractivity contribution >= 4 is 5.91 Å². The maximum Gasteiger partial charge on any atom is 0.246 e. The lowest BCUT2D eigenvalue weighted by atomic mass is 10.4. The Labute approximate surface area is 66.4 Å². The highest BCUT2D eigenvalue weighted by Gasteiger charge is 2.12. The number of ether oxygens (including phenoxy) is 1. The molecule has 0 saturated carbocycles. The molecule has 0 aliphatic carbocycles. The molecule has 1 rings (SSSR count). The van der Waals surface area contributed by atoms with E-state index in [-0.39, 0.29) is 12.1 Å². The molecule has 0 aromatic rings. The number of amides is 1. The predicted molar refractivity (Wildman–Crippen MR) is 42.6 cm³/mol. The zero-order valence-corrected chi connectivity index (χ0v) is 6.58. The summed E-state index contributed by atoms with van der Waals surface area (Å²) >= 11 is 0. The van der Waals surface area contributed by atoms with Gasteiger partial charge in [0.25, 0.3) is 0 Å². The Kier molecular flexibility index (Phi) is 4.49. The Morgan fingerprint density at radius 3 is 2.45 bits per heavy atom. The van der Waals surface area contributed by atoms with Crippen molar-refractivity contribution in [1.82, 2.24) is 11.1 Å². The molecule has 1 aliphatic heterocycles. The van der Waals surface area contributed by atoms with Crippen molar-refractivity contribution in [1.29, 1.82) is 0 Å². The summed E-state index contributed by atoms with van der Waals surface area (Å²) in [6, 6.07) is 0. The molecule has 3 N–H and O–H groups in total. The van der Waals surface area contributed by atoms with Gasteiger partial charge in [-0.25, -0.2) is 0 Å². The number of hydrogen-bond donors (Lipinski definition) is 1. The van der Waals surface area contributed by atoms with Crippen LogP contribution in [0.25, 0.3) is 0 Å². The lowest BCUT2D eigenvalue weighted by molar-refractivity contribution is -0.129. The van der Waals surface area contributed by atoms with Gasteiger partial charge in [-0.1, -0.05) is 6.58 Å². The Bertz CT molecular complexity index is 141. The molecule has 64 valence electrons. The number of rotatable bonds is 1. The fourth-order valence-electron chi connectivity index (χ4n) is 0.913. The number of carbonyl (C=O) groups excluding carboxylic acids is 1. The van der Waals surface area contributed by atoms with Gasteiger partial charge in [-0.3, -0.25) is 4.79 Å². The second-order valence-electron chi connectivity index (χ2n) is 2.14. The molecular formula is C7H14N2O2. The Morgan fingerprint density at radius 2 is 2.00 bits per heavy atom. The van der Waals surface area contributed by atoms with Gasteiger partial charge in [0.05, 0.1) is 13.2 Å². The van der Waals surface area contributed by atoms with Gasteiger partial charge in [0, 0.05) is 13.1 Å². The van der Waals surface area contributed by atoms with Crippen molar-refractivity contribution in [2.75, 3.05) is 26.3 Å². The van der Waals surface area contributed by atoms with Crippen molar-refractivity contribution in [3.05, 3.63) is 12.7 Å². The molecule has 0 atom stereocenters. The molecule has 1 aliphatic rings. The highest BCUT2D eigenvalue weighted by molar-refractivity contribution is 5.87. The summed E-state index contributed by atoms with van der Waals surface area (Å²) in [6.07, 6.45) is 1.34. The minimum atomic E-state index is 0. The monoisotopic (exact) mass is 158 g/mol. The van der Waals surface area contributed by atoms with E-state index in [1.165, 1.54) is 6.08 Å². The van der Waals surface area contributed by atoms with Crippen LogP contribution in [0, 0.1) is 0 Å². The maximum absolute atomic E-state index is 10.9. The summed E-state index contributed by atoms with van der Waals surface area (Å²) < 4.78 is 5.07. The van der Waals surface area contributed by atoms with Crippen LogP contribution in [0.4, 0.5) is 0 Å². The van der Waals surface area contributed by atoms with Crippen molar-refractivity contribution < 1.29 is 9.53 Å². The lowest BCUT2D eigenvalue weighted by Crippen LogP contribution is -2.39. The average Bonchev–Trinajstić information content (AvgIpc) is 2.05. The van der Waals surface area contributed by atoms with Crippen molar-refractivity contribution in [3.63, 3.8) is 0 Å². The quantitative estimate of drug-likeness (QED) is 0.554. The summed E-state index contributed by atoms with van der Waals surface area (Å²) in [7, 11) is 0. The highest BCUT2D eigenvalue weighted by atomic mass is 16.5. The summed E-state index contributed by atoms with van der Waals surface area (Å²) in [4.78, 5) is 12.7. The van der Waals surface area contributed by atoms with Gasteiger partial charge in [0.15, 0.2) is 0 Å². The first kappa shape index (κ1) is 10.1. The van der Waals surface area contributed by atoms with Crippen molar-refractivity contribution in [2.24, 2.45) is 0 Å². The topological polar surface area (TPSA) is 64.5 Å². The second-order valence-corrected chi connectivity index (χ2v) is 2.14. The first-order valence-electron chi connectivity index (χ1n) is 3.33. The Balaban J connectivity index is 0.000001000. The normalized spacial score (nSPS) is 16.9. The molecule has 1 fully saturated rings. The number of carbonyl (C=O) groups is 1. The van der Waals surface area contributed by atoms with Crippen LogP contribution >= 0.6 is 0 Å². The minimum Gasteiger partial charge on any atom is -0.378 e. The SMILES string of the molecule is C=CC(=O)N1CCOCC1.N. The Morgan fingerprint density at radius 1 is 1.45 bits per heavy atom. The predicted octanol–water partition coefficient (Wildman–Crippen LogP) is 0.193. The summed E-state index contributed by atoms with van der Waals surface area (Å²) in [5, 5.41) is 0. The third-order valence-electron chi connectivity index (χ3n) is 1.50. The van der Waals surface area contributed by atoms with Crippen LogP contribution in [-0.2, 0) is 9.53 Å². The fraction of sp³-hybridized carbons (Fsp3) is 0.571. The molecule has 11 heavy (non-hydrogen) atoms. The highest BCUT2D eigenvalue weighted by Crippen LogP contribution is 1.96. The molecule has 0 bridgehead atoms. The molecule has 0 aromatic heterocycles. The van der Waals surface area contributed by atoms with Crippen LogP contribution in [0.5, 0.6) is 0 Å². The zero-order chi connectivity index (χ0) is 7.40. The average molecular weight is 158 g/mol. The number of nitrogens with zero attached hydrogens (tertiary/aromatic N) is 1. The molecule has 4 heteroatoms. The molecule has 1 saturated heterocycles. The third-order valence-corrected chi connectivity index (χ3v) is 1.50. The van der Waals surface area contributed by atoms with E-state index in [1.54, 1.807) is 4.90 Å². The van der Waals surface area contributed by atoms with Crippen LogP contribution in [0.3, 0.4) is 0 Å². The van der Waals surface area contributed by atoms with Crippen molar-refractivity contribution in [3.8, 4) is 0 Å². The molecule has 0 unspecified atom stereocenters. The van der Waals surface area contributed by atoms with E-state index in [9.17, 15) is 4.79 Å². The number of hydrogen-bond acceptors (Lipinski definition) is 3. The fourth-order valence-corrected chi connectivity index (χ4v) is 0.913. The molecule has 1 heterocycles. The lowest BCUT2D eigenvalue weighted by Gasteiger charge is -2.25. The third kappa shape index (κ3) is 2.69. The van der Waals surface area contributed by atoms with Gasteiger partial charge in [-0.2, -0.15) is 0 Å². The standard InChI is InChI=1S/C7H11NO2.H3N/c1-2-7(9)8-3-5-10-6-4-8;/h2H,1,3-6H2;1H3. The van der Waals surface area contributed by atoms with E-state index in [1.807, 2.05) is 0 Å². The van der Waals surface area contributed by atoms with Gasteiger partial charge in [-0.05, 0) is 6.08 Å². The van der Waals surface area contributed by atoms with Crippen LogP contribution in [0.15, 0.2) is 12.7 Å². The van der Waals surface area contributed by atoms with E-state index in [0.29, 0.717) is 26.3 Å². The Hall–Kier alpha value is -0.870. The molecule has 0 spiro atoms. The molecular weight excluding hydrogens is 144 g/mol. The largest absolute Gasteiger partial charge is 0.378 e. The van der Waals surface area contributed by atoms with E-state index >= 15 is 0 Å². The number of morpholine rings is 1. The van der Waals surface area contributed by atoms with Gasteiger partial charge < -0.3 is 15.8 Å². The van der Waals surface area contributed by atoms with Crippen molar-refractivity contribution in [2.45, 2.75) is 0 Å². The van der Waals surface area contributed by atoms with Crippen LogP contribution in [0.2, 0.25) is 0 Å². The van der Waals surface area contributed by atoms with Gasteiger partial charge >= 0.3 is 0 Å². The van der Waals surface area contributed by atoms with Crippen LogP contribution < -0.4 is 6.15 Å². The van der Waals surface area contributed by atoms with E-state index < -0.39 is 0 Å². The van der Waals surface area contributed by atoms with E-state index in [2.05, 4.69) is 6.58 Å². The van der Waals surface area contributed by atoms with Crippen LogP contribution in [-0.4, -0.2) is 37.1 Å². The summed E-state index contributed by atoms with van der Waals surface area (Å²) in [5.41, 5.74) is 0. The first-order valence-corrected chi connectivity index (χ1v) is 3.33. The summed E-state index contributed by atoms with van der Waals surface area (Å²) in [5.74, 6) is 0.00306. The van der Waals surface area contributed by atoms with Crippen LogP contribution in [0.1, 0.15) is 0 Å². The smallest absolute Gasteiger partial charge is 0.246 e. The zero-order valence-electron chi connectivity index (χ0n) is 6.58. The molecule has 4 nitrogen and oxygen atoms in total. The van der Waals surface area contributed by atoms with Gasteiger partial charge in [-0.15, -0.1) is 0 Å². The molecule has 0 aromatic carbocycles. The summed E-state index contributed by atoms with van der Waals surface area (Å²) in [6.45, 7) is 6.11. The minimum absolute atomic E-state index is 0.